The molecule has 2 aromatic rings. The van der Waals surface area contributed by atoms with E-state index in [9.17, 15) is 9.59 Å². The molecule has 3 unspecified atom stereocenters. The van der Waals surface area contributed by atoms with Crippen LogP contribution in [0.5, 0.6) is 5.75 Å². The predicted octanol–water partition coefficient (Wildman–Crippen LogP) is 4.11. The van der Waals surface area contributed by atoms with E-state index in [4.69, 9.17) is 10.5 Å². The molecule has 1 aliphatic carbocycles. The number of nitrogens with two attached hydrogens (primary N) is 1. The van der Waals surface area contributed by atoms with Gasteiger partial charge in [-0.3, -0.25) is 9.59 Å². The summed E-state index contributed by atoms with van der Waals surface area (Å²) in [5.41, 5.74) is 7.66. The molecule has 3 atom stereocenters. The first kappa shape index (κ1) is 22.0. The first-order valence-electron chi connectivity index (χ1n) is 10.2. The summed E-state index contributed by atoms with van der Waals surface area (Å²) in [5, 5.41) is 2.95. The molecule has 6 nitrogen and oxygen atoms in total. The van der Waals surface area contributed by atoms with Crippen molar-refractivity contribution < 1.29 is 14.3 Å². The molecule has 1 heterocycles. The summed E-state index contributed by atoms with van der Waals surface area (Å²) in [6.07, 6.45) is 5.01. The summed E-state index contributed by atoms with van der Waals surface area (Å²) in [5.74, 6) is 0.728. The van der Waals surface area contributed by atoms with E-state index in [1.165, 1.54) is 0 Å². The quantitative estimate of drug-likeness (QED) is 0.716. The standard InChI is InChI=1S/C23H27N3O3.ClH/c1-29-21-12-11-17(14-18(21)24)25-22(27)20-13-16-9-5-6-10-19(16)26(20)23(28)15-7-3-2-4-8-15;/h2-4,7-8,11-12,14,16,19-20H,5-6,9-10,13,24H2,1H3,(H,25,27);1H. The normalized spacial score (nSPS) is 22.6. The number of nitrogen functional groups attached to an aromatic ring is 1. The van der Waals surface area contributed by atoms with Crippen molar-refractivity contribution >= 4 is 35.6 Å². The van der Waals surface area contributed by atoms with E-state index in [0.29, 0.717) is 35.0 Å². The largest absolute Gasteiger partial charge is 0.495 e. The van der Waals surface area contributed by atoms with Gasteiger partial charge in [-0.1, -0.05) is 31.0 Å². The van der Waals surface area contributed by atoms with E-state index in [-0.39, 0.29) is 30.3 Å². The Kier molecular flexibility index (Phi) is 6.87. The van der Waals surface area contributed by atoms with Gasteiger partial charge in [0.2, 0.25) is 5.91 Å². The fraction of sp³-hybridized carbons (Fsp3) is 0.391. The Labute approximate surface area is 183 Å². The number of likely N-dealkylation sites (tertiary alicyclic amines) is 1. The van der Waals surface area contributed by atoms with Gasteiger partial charge in [0.05, 0.1) is 12.8 Å². The number of hydrogen-bond acceptors (Lipinski definition) is 4. The minimum absolute atomic E-state index is 0. The maximum atomic E-state index is 13.3. The first-order chi connectivity index (χ1) is 14.1. The molecular formula is C23H28ClN3O3. The summed E-state index contributed by atoms with van der Waals surface area (Å²) >= 11 is 0. The second-order valence-corrected chi connectivity index (χ2v) is 7.89. The van der Waals surface area contributed by atoms with Crippen molar-refractivity contribution in [3.8, 4) is 5.75 Å². The smallest absolute Gasteiger partial charge is 0.254 e. The average Bonchev–Trinajstić information content (AvgIpc) is 3.14. The molecule has 2 aliphatic rings. The average molecular weight is 430 g/mol. The maximum Gasteiger partial charge on any atom is 0.254 e. The number of methoxy groups -OCH3 is 1. The number of halogens is 1. The zero-order valence-corrected chi connectivity index (χ0v) is 17.9. The van der Waals surface area contributed by atoms with E-state index in [1.807, 2.05) is 35.2 Å². The first-order valence-corrected chi connectivity index (χ1v) is 10.2. The van der Waals surface area contributed by atoms with Gasteiger partial charge < -0.3 is 20.7 Å². The SMILES string of the molecule is COc1ccc(NC(=O)C2CC3CCCCC3N2C(=O)c2ccccc2)cc1N.Cl. The Morgan fingerprint density at radius 1 is 1.10 bits per heavy atom. The van der Waals surface area contributed by atoms with Crippen LogP contribution in [0.25, 0.3) is 0 Å². The number of hydrogen-bond donors (Lipinski definition) is 2. The van der Waals surface area contributed by atoms with Crippen molar-refractivity contribution in [2.24, 2.45) is 5.92 Å². The fourth-order valence-corrected chi connectivity index (χ4v) is 4.75. The molecule has 0 spiro atoms. The molecule has 1 saturated heterocycles. The summed E-state index contributed by atoms with van der Waals surface area (Å²) in [6.45, 7) is 0. The minimum atomic E-state index is -0.473. The number of carbonyl (C=O) groups excluding carboxylic acids is 2. The molecule has 30 heavy (non-hydrogen) atoms. The number of benzene rings is 2. The van der Waals surface area contributed by atoms with Gasteiger partial charge in [-0.25, -0.2) is 0 Å². The monoisotopic (exact) mass is 429 g/mol. The highest BCUT2D eigenvalue weighted by Gasteiger charge is 2.47. The molecule has 2 amide bonds. The highest BCUT2D eigenvalue weighted by atomic mass is 35.5. The second kappa shape index (κ2) is 9.39. The van der Waals surface area contributed by atoms with E-state index in [2.05, 4.69) is 5.32 Å². The molecule has 2 fully saturated rings. The van der Waals surface area contributed by atoms with Crippen molar-refractivity contribution in [2.75, 3.05) is 18.2 Å². The van der Waals surface area contributed by atoms with Crippen molar-refractivity contribution in [1.29, 1.82) is 0 Å². The summed E-state index contributed by atoms with van der Waals surface area (Å²) < 4.78 is 5.18. The van der Waals surface area contributed by atoms with Crippen LogP contribution in [0.15, 0.2) is 48.5 Å². The van der Waals surface area contributed by atoms with E-state index < -0.39 is 6.04 Å². The van der Waals surface area contributed by atoms with Gasteiger partial charge in [0.1, 0.15) is 11.8 Å². The van der Waals surface area contributed by atoms with E-state index in [1.54, 1.807) is 25.3 Å². The number of anilines is 2. The molecule has 3 N–H and O–H groups in total. The topological polar surface area (TPSA) is 84.7 Å². The number of carbonyl (C=O) groups is 2. The molecule has 1 aliphatic heterocycles. The maximum absolute atomic E-state index is 13.3. The molecule has 0 bridgehead atoms. The minimum Gasteiger partial charge on any atom is -0.495 e. The van der Waals surface area contributed by atoms with Gasteiger partial charge in [-0.05, 0) is 55.5 Å². The van der Waals surface area contributed by atoms with Crippen molar-refractivity contribution in [2.45, 2.75) is 44.2 Å². The third kappa shape index (κ3) is 4.24. The lowest BCUT2D eigenvalue weighted by atomic mass is 9.84. The summed E-state index contributed by atoms with van der Waals surface area (Å²) in [4.78, 5) is 28.3. The molecule has 0 radical (unpaired) electrons. The van der Waals surface area contributed by atoms with Crippen molar-refractivity contribution in [3.05, 3.63) is 54.1 Å². The molecule has 0 aromatic heterocycles. The molecule has 2 aromatic carbocycles. The fourth-order valence-electron chi connectivity index (χ4n) is 4.75. The van der Waals surface area contributed by atoms with Crippen LogP contribution >= 0.6 is 12.4 Å². The third-order valence-electron chi connectivity index (χ3n) is 6.14. The van der Waals surface area contributed by atoms with Crippen molar-refractivity contribution in [1.82, 2.24) is 4.90 Å². The highest BCUT2D eigenvalue weighted by molar-refractivity contribution is 6.02. The molecule has 4 rings (SSSR count). The van der Waals surface area contributed by atoms with E-state index in [0.717, 1.165) is 25.7 Å². The number of ether oxygens (including phenoxy) is 1. The van der Waals surface area contributed by atoms with Crippen LogP contribution in [0.3, 0.4) is 0 Å². The van der Waals surface area contributed by atoms with Gasteiger partial charge in [-0.15, -0.1) is 12.4 Å². The second-order valence-electron chi connectivity index (χ2n) is 7.89. The highest BCUT2D eigenvalue weighted by Crippen LogP contribution is 2.41. The van der Waals surface area contributed by atoms with Crippen molar-refractivity contribution in [3.63, 3.8) is 0 Å². The number of amides is 2. The third-order valence-corrected chi connectivity index (χ3v) is 6.14. The number of fused-ring (bicyclic) bond motifs is 1. The lowest BCUT2D eigenvalue weighted by Gasteiger charge is -2.33. The van der Waals surface area contributed by atoms with Gasteiger partial charge in [0, 0.05) is 17.3 Å². The van der Waals surface area contributed by atoms with Crippen LogP contribution in [0, 0.1) is 5.92 Å². The van der Waals surface area contributed by atoms with Crippen LogP contribution in [0.1, 0.15) is 42.5 Å². The van der Waals surface area contributed by atoms with Crippen LogP contribution in [0.4, 0.5) is 11.4 Å². The predicted molar refractivity (Wildman–Crippen MR) is 120 cm³/mol. The zero-order valence-electron chi connectivity index (χ0n) is 17.0. The van der Waals surface area contributed by atoms with Gasteiger partial charge in [0.25, 0.3) is 5.91 Å². The number of rotatable bonds is 4. The van der Waals surface area contributed by atoms with Crippen LogP contribution in [0.2, 0.25) is 0 Å². The van der Waals surface area contributed by atoms with Gasteiger partial charge >= 0.3 is 0 Å². The lowest BCUT2D eigenvalue weighted by molar-refractivity contribution is -0.120. The van der Waals surface area contributed by atoms with Crippen LogP contribution in [-0.2, 0) is 4.79 Å². The Morgan fingerprint density at radius 2 is 1.83 bits per heavy atom. The molecule has 7 heteroatoms. The Balaban J connectivity index is 0.00000256. The van der Waals surface area contributed by atoms with Crippen LogP contribution < -0.4 is 15.8 Å². The molecular weight excluding hydrogens is 402 g/mol. The number of nitrogens with zero attached hydrogens (tertiary/aromatic N) is 1. The lowest BCUT2D eigenvalue weighted by Crippen LogP contribution is -2.47. The van der Waals surface area contributed by atoms with Crippen LogP contribution in [-0.4, -0.2) is 35.9 Å². The Hall–Kier alpha value is -2.73. The van der Waals surface area contributed by atoms with Gasteiger partial charge in [0.15, 0.2) is 0 Å². The van der Waals surface area contributed by atoms with E-state index >= 15 is 0 Å². The zero-order chi connectivity index (χ0) is 20.4. The molecule has 160 valence electrons. The Morgan fingerprint density at radius 3 is 2.53 bits per heavy atom. The molecule has 1 saturated carbocycles. The number of nitrogens with one attached hydrogen (secondary N) is 1. The summed E-state index contributed by atoms with van der Waals surface area (Å²) in [7, 11) is 1.55. The van der Waals surface area contributed by atoms with Gasteiger partial charge in [-0.2, -0.15) is 0 Å². The Bertz CT molecular complexity index is 906. The summed E-state index contributed by atoms with van der Waals surface area (Å²) in [6, 6.07) is 14.1.